The highest BCUT2D eigenvalue weighted by molar-refractivity contribution is 7.88. The zero-order chi connectivity index (χ0) is 16.0. The van der Waals surface area contributed by atoms with Gasteiger partial charge in [-0.3, -0.25) is 4.79 Å². The van der Waals surface area contributed by atoms with E-state index in [4.69, 9.17) is 0 Å². The van der Waals surface area contributed by atoms with E-state index in [9.17, 15) is 13.2 Å². The molecule has 6 heteroatoms. The first kappa shape index (κ1) is 15.5. The van der Waals surface area contributed by atoms with Gasteiger partial charge in [0.25, 0.3) is 0 Å². The molecule has 2 saturated heterocycles. The quantitative estimate of drug-likeness (QED) is 0.822. The van der Waals surface area contributed by atoms with Crippen LogP contribution >= 0.6 is 0 Å². The van der Waals surface area contributed by atoms with Crippen molar-refractivity contribution in [3.05, 3.63) is 35.9 Å². The average molecular weight is 322 g/mol. The number of piperidine rings is 1. The van der Waals surface area contributed by atoms with Crippen LogP contribution in [-0.2, 0) is 20.2 Å². The van der Waals surface area contributed by atoms with Crippen LogP contribution in [0.2, 0.25) is 0 Å². The van der Waals surface area contributed by atoms with Crippen molar-refractivity contribution in [2.24, 2.45) is 0 Å². The third kappa shape index (κ3) is 2.44. The largest absolute Gasteiger partial charge is 0.341 e. The van der Waals surface area contributed by atoms with Crippen molar-refractivity contribution >= 4 is 15.9 Å². The lowest BCUT2D eigenvalue weighted by Crippen LogP contribution is -2.57. The van der Waals surface area contributed by atoms with Crippen LogP contribution in [0.3, 0.4) is 0 Å². The Labute approximate surface area is 132 Å². The summed E-state index contributed by atoms with van der Waals surface area (Å²) < 4.78 is 25.9. The third-order valence-electron chi connectivity index (χ3n) is 5.20. The molecule has 5 nitrogen and oxygen atoms in total. The van der Waals surface area contributed by atoms with Gasteiger partial charge in [-0.05, 0) is 18.4 Å². The molecule has 1 amide bonds. The number of nitrogens with zero attached hydrogens (tertiary/aromatic N) is 2. The summed E-state index contributed by atoms with van der Waals surface area (Å²) in [7, 11) is -3.27. The number of rotatable bonds is 2. The van der Waals surface area contributed by atoms with Crippen molar-refractivity contribution in [2.75, 3.05) is 25.9 Å². The van der Waals surface area contributed by atoms with Crippen molar-refractivity contribution < 1.29 is 13.2 Å². The zero-order valence-electron chi connectivity index (χ0n) is 13.0. The van der Waals surface area contributed by atoms with E-state index in [1.54, 1.807) is 16.1 Å². The SMILES string of the molecule is CC(=O)N1CC[C@@]2(c3ccccc3)CCN(S(C)(=O)=O)[C@@H]2C1. The second-order valence-electron chi connectivity index (χ2n) is 6.38. The van der Waals surface area contributed by atoms with Crippen molar-refractivity contribution in [2.45, 2.75) is 31.2 Å². The molecule has 0 spiro atoms. The molecule has 0 unspecified atom stereocenters. The van der Waals surface area contributed by atoms with Gasteiger partial charge in [-0.2, -0.15) is 4.31 Å². The molecule has 1 aromatic carbocycles. The number of benzene rings is 1. The molecule has 3 rings (SSSR count). The van der Waals surface area contributed by atoms with Gasteiger partial charge in [0.15, 0.2) is 0 Å². The lowest BCUT2D eigenvalue weighted by atomic mass is 9.69. The fourth-order valence-corrected chi connectivity index (χ4v) is 5.19. The molecule has 0 saturated carbocycles. The molecule has 1 aromatic rings. The van der Waals surface area contributed by atoms with Crippen LogP contribution in [-0.4, -0.2) is 55.5 Å². The number of carbonyl (C=O) groups excluding carboxylic acids is 1. The van der Waals surface area contributed by atoms with Gasteiger partial charge in [-0.25, -0.2) is 8.42 Å². The molecule has 0 radical (unpaired) electrons. The Hall–Kier alpha value is -1.40. The number of sulfonamides is 1. The van der Waals surface area contributed by atoms with Gasteiger partial charge in [-0.15, -0.1) is 0 Å². The summed E-state index contributed by atoms with van der Waals surface area (Å²) in [6.07, 6.45) is 2.90. The number of hydrogen-bond donors (Lipinski definition) is 0. The van der Waals surface area contributed by atoms with Crippen LogP contribution < -0.4 is 0 Å². The van der Waals surface area contributed by atoms with Gasteiger partial charge >= 0.3 is 0 Å². The molecule has 0 aliphatic carbocycles. The molecule has 2 fully saturated rings. The predicted octanol–water partition coefficient (Wildman–Crippen LogP) is 1.21. The molecule has 2 atom stereocenters. The van der Waals surface area contributed by atoms with E-state index >= 15 is 0 Å². The van der Waals surface area contributed by atoms with Crippen molar-refractivity contribution in [3.8, 4) is 0 Å². The minimum atomic E-state index is -3.27. The van der Waals surface area contributed by atoms with Gasteiger partial charge in [0, 0.05) is 32.0 Å². The number of carbonyl (C=O) groups is 1. The predicted molar refractivity (Wildman–Crippen MR) is 84.9 cm³/mol. The van der Waals surface area contributed by atoms with E-state index in [-0.39, 0.29) is 17.4 Å². The first-order valence-electron chi connectivity index (χ1n) is 7.62. The second kappa shape index (κ2) is 5.35. The summed E-state index contributed by atoms with van der Waals surface area (Å²) in [5.74, 6) is 0.0158. The molecule has 0 aromatic heterocycles. The molecule has 0 N–H and O–H groups in total. The van der Waals surface area contributed by atoms with Crippen molar-refractivity contribution in [1.82, 2.24) is 9.21 Å². The van der Waals surface area contributed by atoms with Crippen LogP contribution in [0.5, 0.6) is 0 Å². The standard InChI is InChI=1S/C16H22N2O3S/c1-13(19)17-10-8-16(14-6-4-3-5-7-14)9-11-18(15(16)12-17)22(2,20)21/h3-7,15H,8-12H2,1-2H3/t15-,16+/m1/s1. The maximum absolute atomic E-state index is 12.2. The van der Waals surface area contributed by atoms with Crippen LogP contribution in [0.15, 0.2) is 30.3 Å². The summed E-state index contributed by atoms with van der Waals surface area (Å²) in [5, 5.41) is 0. The summed E-state index contributed by atoms with van der Waals surface area (Å²) in [4.78, 5) is 13.5. The third-order valence-corrected chi connectivity index (χ3v) is 6.49. The Kier molecular flexibility index (Phi) is 3.77. The maximum atomic E-state index is 12.2. The summed E-state index contributed by atoms with van der Waals surface area (Å²) in [5.41, 5.74) is 1.02. The fourth-order valence-electron chi connectivity index (χ4n) is 4.03. The minimum Gasteiger partial charge on any atom is -0.341 e. The van der Waals surface area contributed by atoms with Crippen LogP contribution in [0.4, 0.5) is 0 Å². The highest BCUT2D eigenvalue weighted by atomic mass is 32.2. The van der Waals surface area contributed by atoms with Crippen LogP contribution in [0.1, 0.15) is 25.3 Å². The number of likely N-dealkylation sites (tertiary alicyclic amines) is 1. The molecule has 2 aliphatic heterocycles. The van der Waals surface area contributed by atoms with Crippen LogP contribution in [0.25, 0.3) is 0 Å². The Morgan fingerprint density at radius 2 is 1.82 bits per heavy atom. The molecule has 120 valence electrons. The summed E-state index contributed by atoms with van der Waals surface area (Å²) in [6, 6.07) is 9.99. The summed E-state index contributed by atoms with van der Waals surface area (Å²) in [6.45, 7) is 3.26. The number of amides is 1. The number of hydrogen-bond acceptors (Lipinski definition) is 3. The van der Waals surface area contributed by atoms with E-state index in [2.05, 4.69) is 12.1 Å². The lowest BCUT2D eigenvalue weighted by Gasteiger charge is -2.45. The first-order valence-corrected chi connectivity index (χ1v) is 9.47. The molecular formula is C16H22N2O3S. The maximum Gasteiger partial charge on any atom is 0.219 e. The Morgan fingerprint density at radius 1 is 1.18 bits per heavy atom. The van der Waals surface area contributed by atoms with E-state index in [0.717, 1.165) is 12.8 Å². The van der Waals surface area contributed by atoms with Crippen molar-refractivity contribution in [1.29, 1.82) is 0 Å². The zero-order valence-corrected chi connectivity index (χ0v) is 13.8. The Morgan fingerprint density at radius 3 is 2.41 bits per heavy atom. The van der Waals surface area contributed by atoms with E-state index in [0.29, 0.717) is 19.6 Å². The second-order valence-corrected chi connectivity index (χ2v) is 8.31. The van der Waals surface area contributed by atoms with Gasteiger partial charge in [-0.1, -0.05) is 30.3 Å². The van der Waals surface area contributed by atoms with E-state index in [1.807, 2.05) is 18.2 Å². The summed E-state index contributed by atoms with van der Waals surface area (Å²) >= 11 is 0. The molecule has 2 heterocycles. The minimum absolute atomic E-state index is 0.0158. The molecule has 22 heavy (non-hydrogen) atoms. The lowest BCUT2D eigenvalue weighted by molar-refractivity contribution is -0.131. The Bertz CT molecular complexity index is 674. The topological polar surface area (TPSA) is 57.7 Å². The molecule has 2 aliphatic rings. The van der Waals surface area contributed by atoms with Crippen molar-refractivity contribution in [3.63, 3.8) is 0 Å². The average Bonchev–Trinajstić information content (AvgIpc) is 2.87. The van der Waals surface area contributed by atoms with Gasteiger partial charge in [0.2, 0.25) is 15.9 Å². The van der Waals surface area contributed by atoms with Gasteiger partial charge in [0.1, 0.15) is 0 Å². The Balaban J connectivity index is 2.04. The van der Waals surface area contributed by atoms with Gasteiger partial charge in [0.05, 0.1) is 12.3 Å². The number of fused-ring (bicyclic) bond motifs is 1. The highest BCUT2D eigenvalue weighted by Crippen LogP contribution is 2.46. The first-order chi connectivity index (χ1) is 10.3. The van der Waals surface area contributed by atoms with Gasteiger partial charge < -0.3 is 4.90 Å². The normalized spacial score (nSPS) is 29.4. The smallest absolute Gasteiger partial charge is 0.219 e. The van der Waals surface area contributed by atoms with Crippen LogP contribution in [0, 0.1) is 0 Å². The molecular weight excluding hydrogens is 300 g/mol. The fraction of sp³-hybridized carbons (Fsp3) is 0.562. The van der Waals surface area contributed by atoms with E-state index in [1.165, 1.54) is 11.8 Å². The monoisotopic (exact) mass is 322 g/mol. The molecule has 0 bridgehead atoms. The van der Waals surface area contributed by atoms with E-state index < -0.39 is 10.0 Å². The highest BCUT2D eigenvalue weighted by Gasteiger charge is 2.53.